The summed E-state index contributed by atoms with van der Waals surface area (Å²) in [6.07, 6.45) is 22.2. The predicted molar refractivity (Wildman–Crippen MR) is 217 cm³/mol. The first-order valence-electron chi connectivity index (χ1n) is 21.4. The lowest BCUT2D eigenvalue weighted by Crippen LogP contribution is -2.29. The average molecular weight is 796 g/mol. The molecule has 0 aliphatic rings. The normalized spacial score (nSPS) is 13.2. The standard InChI is InChI=1S/C43H74NO10P/c1-5-7-17-23-37-31-35(3)40(52-37)25-19-13-9-11-15-21-27-42(45)49-33-39(34-51-55(47,48)50-30-29-44)54-43(46)28-22-16-12-10-14-20-26-41-36(4)32-38(53-41)24-18-8-6-2/h31-32,39H,5-30,33-34,44H2,1-4H3,(H,47,48)/t39-/m1/s1. The van der Waals surface area contributed by atoms with E-state index in [-0.39, 0.29) is 32.6 Å². The van der Waals surface area contributed by atoms with Gasteiger partial charge in [-0.15, -0.1) is 0 Å². The van der Waals surface area contributed by atoms with Gasteiger partial charge in [0.05, 0.1) is 13.2 Å². The molecule has 316 valence electrons. The van der Waals surface area contributed by atoms with Crippen LogP contribution in [0.1, 0.15) is 176 Å². The van der Waals surface area contributed by atoms with Crippen LogP contribution in [0, 0.1) is 13.8 Å². The summed E-state index contributed by atoms with van der Waals surface area (Å²) in [5.41, 5.74) is 7.85. The van der Waals surface area contributed by atoms with E-state index in [9.17, 15) is 19.0 Å². The van der Waals surface area contributed by atoms with Gasteiger partial charge in [-0.3, -0.25) is 18.6 Å². The van der Waals surface area contributed by atoms with Crippen molar-refractivity contribution in [1.82, 2.24) is 0 Å². The molecular formula is C43H74NO10P. The Bertz CT molecular complexity index is 1350. The van der Waals surface area contributed by atoms with E-state index in [4.69, 9.17) is 33.1 Å². The zero-order chi connectivity index (χ0) is 40.2. The largest absolute Gasteiger partial charge is 0.472 e. The van der Waals surface area contributed by atoms with Crippen molar-refractivity contribution in [2.24, 2.45) is 5.73 Å². The van der Waals surface area contributed by atoms with E-state index >= 15 is 0 Å². The fraction of sp³-hybridized carbons (Fsp3) is 0.767. The van der Waals surface area contributed by atoms with Crippen LogP contribution in [0.5, 0.6) is 0 Å². The fourth-order valence-electron chi connectivity index (χ4n) is 6.55. The van der Waals surface area contributed by atoms with Crippen molar-refractivity contribution in [3.05, 3.63) is 46.3 Å². The molecule has 2 atom stereocenters. The van der Waals surface area contributed by atoms with Gasteiger partial charge in [0.25, 0.3) is 0 Å². The summed E-state index contributed by atoms with van der Waals surface area (Å²) in [5.74, 6) is 3.53. The number of phosphoric ester groups is 1. The van der Waals surface area contributed by atoms with Gasteiger partial charge in [0.2, 0.25) is 0 Å². The summed E-state index contributed by atoms with van der Waals surface area (Å²) in [6, 6.07) is 4.37. The molecular weight excluding hydrogens is 721 g/mol. The van der Waals surface area contributed by atoms with Crippen molar-refractivity contribution in [3.8, 4) is 0 Å². The number of carbonyl (C=O) groups excluding carboxylic acids is 2. The first kappa shape index (κ1) is 48.7. The Hall–Kier alpha value is -2.43. The Kier molecular flexibility index (Phi) is 26.4. The van der Waals surface area contributed by atoms with Crippen molar-refractivity contribution in [1.29, 1.82) is 0 Å². The van der Waals surface area contributed by atoms with Crippen molar-refractivity contribution in [2.75, 3.05) is 26.4 Å². The maximum atomic E-state index is 12.7. The van der Waals surface area contributed by atoms with Crippen LogP contribution in [-0.2, 0) is 58.4 Å². The first-order valence-corrected chi connectivity index (χ1v) is 22.9. The molecule has 0 fully saturated rings. The number of esters is 2. The molecule has 11 nitrogen and oxygen atoms in total. The molecule has 1 unspecified atom stereocenters. The molecule has 3 N–H and O–H groups in total. The van der Waals surface area contributed by atoms with E-state index in [2.05, 4.69) is 39.8 Å². The van der Waals surface area contributed by atoms with Gasteiger partial charge >= 0.3 is 19.8 Å². The number of rotatable bonds is 35. The van der Waals surface area contributed by atoms with E-state index in [0.29, 0.717) is 12.8 Å². The first-order chi connectivity index (χ1) is 26.6. The highest BCUT2D eigenvalue weighted by molar-refractivity contribution is 7.47. The van der Waals surface area contributed by atoms with Gasteiger partial charge in [0.15, 0.2) is 6.10 Å². The highest BCUT2D eigenvalue weighted by Gasteiger charge is 2.26. The number of phosphoric acid groups is 1. The van der Waals surface area contributed by atoms with Crippen LogP contribution in [0.25, 0.3) is 0 Å². The molecule has 0 bridgehead atoms. The quantitative estimate of drug-likeness (QED) is 0.0388. The number of hydrogen-bond donors (Lipinski definition) is 2. The summed E-state index contributed by atoms with van der Waals surface area (Å²) < 4.78 is 45.0. The number of nitrogens with two attached hydrogens (primary N) is 1. The van der Waals surface area contributed by atoms with Gasteiger partial charge in [-0.1, -0.05) is 90.9 Å². The van der Waals surface area contributed by atoms with Crippen molar-refractivity contribution >= 4 is 19.8 Å². The van der Waals surface area contributed by atoms with E-state index in [1.165, 1.54) is 49.7 Å². The van der Waals surface area contributed by atoms with Crippen LogP contribution in [0.2, 0.25) is 0 Å². The van der Waals surface area contributed by atoms with Crippen LogP contribution in [-0.4, -0.2) is 49.3 Å². The Morgan fingerprint density at radius 2 is 1.11 bits per heavy atom. The van der Waals surface area contributed by atoms with Crippen molar-refractivity contribution < 1.29 is 46.4 Å². The Labute approximate surface area is 331 Å². The lowest BCUT2D eigenvalue weighted by Gasteiger charge is -2.19. The second kappa shape index (κ2) is 29.8. The van der Waals surface area contributed by atoms with Gasteiger partial charge in [0, 0.05) is 45.1 Å². The van der Waals surface area contributed by atoms with Gasteiger partial charge < -0.3 is 28.9 Å². The minimum Gasteiger partial charge on any atom is -0.466 e. The van der Waals surface area contributed by atoms with Crippen LogP contribution in [0.3, 0.4) is 0 Å². The Morgan fingerprint density at radius 1 is 0.655 bits per heavy atom. The number of ether oxygens (including phenoxy) is 2. The fourth-order valence-corrected chi connectivity index (χ4v) is 7.31. The second-order valence-electron chi connectivity index (χ2n) is 15.0. The molecule has 2 aromatic rings. The lowest BCUT2D eigenvalue weighted by molar-refractivity contribution is -0.161. The minimum atomic E-state index is -4.40. The third-order valence-electron chi connectivity index (χ3n) is 9.79. The van der Waals surface area contributed by atoms with Gasteiger partial charge in [0.1, 0.15) is 29.6 Å². The number of unbranched alkanes of at least 4 members (excludes halogenated alkanes) is 14. The molecule has 0 saturated carbocycles. The zero-order valence-corrected chi connectivity index (χ0v) is 35.6. The Morgan fingerprint density at radius 3 is 1.60 bits per heavy atom. The minimum absolute atomic E-state index is 0.0400. The SMILES string of the molecule is CCCCCc1cc(C)c(CCCCCCCCC(=O)OC[C@H](COP(=O)(O)OCCN)OC(=O)CCCCCCCCc2oc(CCCCC)cc2C)o1. The second-order valence-corrected chi connectivity index (χ2v) is 16.4. The van der Waals surface area contributed by atoms with E-state index in [0.717, 1.165) is 113 Å². The summed E-state index contributed by atoms with van der Waals surface area (Å²) in [7, 11) is -4.40. The molecule has 0 aliphatic carbocycles. The number of furan rings is 2. The Balaban J connectivity index is 1.62. The smallest absolute Gasteiger partial charge is 0.466 e. The summed E-state index contributed by atoms with van der Waals surface area (Å²) in [5, 5.41) is 0. The van der Waals surface area contributed by atoms with Crippen molar-refractivity contribution in [3.63, 3.8) is 0 Å². The predicted octanol–water partition coefficient (Wildman–Crippen LogP) is 10.7. The topological polar surface area (TPSA) is 161 Å². The highest BCUT2D eigenvalue weighted by Crippen LogP contribution is 2.43. The van der Waals surface area contributed by atoms with Crippen molar-refractivity contribution in [2.45, 2.75) is 188 Å². The van der Waals surface area contributed by atoms with Crippen LogP contribution in [0.4, 0.5) is 0 Å². The molecule has 0 amide bonds. The molecule has 0 saturated heterocycles. The third-order valence-corrected chi connectivity index (χ3v) is 10.8. The summed E-state index contributed by atoms with van der Waals surface area (Å²) >= 11 is 0. The maximum Gasteiger partial charge on any atom is 0.472 e. The molecule has 2 aromatic heterocycles. The zero-order valence-electron chi connectivity index (χ0n) is 34.7. The van der Waals surface area contributed by atoms with E-state index in [1.807, 2.05) is 0 Å². The van der Waals surface area contributed by atoms with E-state index < -0.39 is 32.5 Å². The number of aryl methyl sites for hydroxylation is 6. The molecule has 2 rings (SSSR count). The van der Waals surface area contributed by atoms with Crippen LogP contribution in [0.15, 0.2) is 21.0 Å². The number of carbonyl (C=O) groups is 2. The van der Waals surface area contributed by atoms with Gasteiger partial charge in [-0.05, 0) is 75.6 Å². The monoisotopic (exact) mass is 796 g/mol. The average Bonchev–Trinajstić information content (AvgIpc) is 3.70. The molecule has 0 aliphatic heterocycles. The molecule has 12 heteroatoms. The third kappa shape index (κ3) is 23.4. The van der Waals surface area contributed by atoms with E-state index in [1.54, 1.807) is 0 Å². The molecule has 0 radical (unpaired) electrons. The van der Waals surface area contributed by atoms with Crippen LogP contribution >= 0.6 is 7.82 Å². The van der Waals surface area contributed by atoms with Gasteiger partial charge in [-0.25, -0.2) is 4.57 Å². The van der Waals surface area contributed by atoms with Gasteiger partial charge in [-0.2, -0.15) is 0 Å². The van der Waals surface area contributed by atoms with Crippen LogP contribution < -0.4 is 5.73 Å². The molecule has 0 aromatic carbocycles. The summed E-state index contributed by atoms with van der Waals surface area (Å²) in [4.78, 5) is 35.1. The molecule has 0 spiro atoms. The molecule has 2 heterocycles. The maximum absolute atomic E-state index is 12.7. The lowest BCUT2D eigenvalue weighted by atomic mass is 10.1. The summed E-state index contributed by atoms with van der Waals surface area (Å²) in [6.45, 7) is 7.81. The highest BCUT2D eigenvalue weighted by atomic mass is 31.2. The molecule has 55 heavy (non-hydrogen) atoms. The number of hydrogen-bond acceptors (Lipinski definition) is 10.